The third-order valence-electron chi connectivity index (χ3n) is 5.72. The molecule has 182 valence electrons. The molecule has 2 aromatic rings. The molecule has 34 heavy (non-hydrogen) atoms. The number of hydrogen-bond donors (Lipinski definition) is 2. The average molecular weight is 472 g/mol. The molecule has 2 heterocycles. The van der Waals surface area contributed by atoms with Crippen LogP contribution in [0.1, 0.15) is 39.0 Å². The van der Waals surface area contributed by atoms with Crippen molar-refractivity contribution in [3.8, 4) is 0 Å². The monoisotopic (exact) mass is 471 g/mol. The molecule has 11 nitrogen and oxygen atoms in total. The van der Waals surface area contributed by atoms with Gasteiger partial charge in [0.2, 0.25) is 11.8 Å². The van der Waals surface area contributed by atoms with Crippen LogP contribution < -0.4 is 5.32 Å². The van der Waals surface area contributed by atoms with Crippen LogP contribution in [-0.2, 0) is 32.0 Å². The van der Waals surface area contributed by atoms with Gasteiger partial charge in [0.15, 0.2) is 0 Å². The molecule has 3 rings (SSSR count). The van der Waals surface area contributed by atoms with Crippen LogP contribution in [0.2, 0.25) is 0 Å². The lowest BCUT2D eigenvalue weighted by molar-refractivity contribution is -0.384. The number of hydrogen-bond acceptors (Lipinski definition) is 8. The van der Waals surface area contributed by atoms with E-state index in [2.05, 4.69) is 15.3 Å². The number of piperazine rings is 1. The Labute approximate surface area is 197 Å². The Hall–Kier alpha value is -3.60. The van der Waals surface area contributed by atoms with Gasteiger partial charge < -0.3 is 9.72 Å². The fourth-order valence-electron chi connectivity index (χ4n) is 3.87. The number of nitro groups is 1. The first kappa shape index (κ1) is 25.0. The first-order valence-corrected chi connectivity index (χ1v) is 11.0. The molecule has 1 aliphatic rings. The second kappa shape index (κ2) is 10.1. The summed E-state index contributed by atoms with van der Waals surface area (Å²) in [7, 11) is 0. The topological polar surface area (TPSA) is 148 Å². The fourth-order valence-corrected chi connectivity index (χ4v) is 3.87. The molecule has 1 fully saturated rings. The minimum absolute atomic E-state index is 0.0622. The van der Waals surface area contributed by atoms with E-state index in [0.29, 0.717) is 12.0 Å². The summed E-state index contributed by atoms with van der Waals surface area (Å²) in [6.07, 6.45) is 3.40. The number of carbonyl (C=O) groups is 3. The van der Waals surface area contributed by atoms with Crippen LogP contribution in [0.3, 0.4) is 0 Å². The van der Waals surface area contributed by atoms with E-state index in [1.165, 1.54) is 35.5 Å². The number of nitrogens with one attached hydrogen (secondary N) is 2. The zero-order valence-corrected chi connectivity index (χ0v) is 19.6. The van der Waals surface area contributed by atoms with Gasteiger partial charge in [0.05, 0.1) is 35.3 Å². The van der Waals surface area contributed by atoms with E-state index in [1.54, 1.807) is 20.0 Å². The summed E-state index contributed by atoms with van der Waals surface area (Å²) < 4.78 is 5.42. The van der Waals surface area contributed by atoms with Gasteiger partial charge in [0.1, 0.15) is 6.61 Å². The lowest BCUT2D eigenvalue weighted by atomic mass is 9.91. The molecule has 1 aliphatic heterocycles. The molecule has 0 saturated carbocycles. The number of nitro benzene ring substituents is 1. The molecular weight excluding hydrogens is 442 g/mol. The molecule has 11 heteroatoms. The average Bonchev–Trinajstić information content (AvgIpc) is 3.27. The summed E-state index contributed by atoms with van der Waals surface area (Å²) in [6.45, 7) is 6.97. The molecule has 0 spiro atoms. The van der Waals surface area contributed by atoms with Gasteiger partial charge in [-0.2, -0.15) is 0 Å². The van der Waals surface area contributed by atoms with Crippen LogP contribution >= 0.6 is 0 Å². The second-order valence-corrected chi connectivity index (χ2v) is 9.31. The van der Waals surface area contributed by atoms with Crippen molar-refractivity contribution < 1.29 is 24.0 Å². The maximum atomic E-state index is 13.3. The van der Waals surface area contributed by atoms with Crippen molar-refractivity contribution in [3.05, 3.63) is 58.2 Å². The number of carbonyl (C=O) groups excluding carboxylic acids is 3. The fraction of sp³-hybridized carbons (Fsp3) is 0.478. The molecule has 1 saturated heterocycles. The Balaban J connectivity index is 1.70. The third kappa shape index (κ3) is 5.66. The number of H-pyrrole nitrogens is 1. The molecule has 0 aliphatic carbocycles. The van der Waals surface area contributed by atoms with Gasteiger partial charge in [0, 0.05) is 30.4 Å². The van der Waals surface area contributed by atoms with Crippen LogP contribution in [0.15, 0.2) is 36.8 Å². The van der Waals surface area contributed by atoms with Crippen molar-refractivity contribution in [3.63, 3.8) is 0 Å². The van der Waals surface area contributed by atoms with E-state index >= 15 is 0 Å². The Bertz CT molecular complexity index is 1050. The van der Waals surface area contributed by atoms with Crippen molar-refractivity contribution in [1.29, 1.82) is 0 Å². The maximum Gasteiger partial charge on any atom is 0.310 e. The van der Waals surface area contributed by atoms with Gasteiger partial charge in [0.25, 0.3) is 5.69 Å². The Morgan fingerprint density at radius 3 is 2.47 bits per heavy atom. The van der Waals surface area contributed by atoms with Gasteiger partial charge in [-0.15, -0.1) is 0 Å². The predicted octanol–water partition coefficient (Wildman–Crippen LogP) is 1.78. The van der Waals surface area contributed by atoms with Crippen LogP contribution in [0.5, 0.6) is 0 Å². The Kier molecular flexibility index (Phi) is 7.45. The molecular formula is C23H29N5O6. The van der Waals surface area contributed by atoms with E-state index in [-0.39, 0.29) is 30.5 Å². The summed E-state index contributed by atoms with van der Waals surface area (Å²) in [5.74, 6) is -1.38. The van der Waals surface area contributed by atoms with Crippen molar-refractivity contribution >= 4 is 23.5 Å². The highest BCUT2D eigenvalue weighted by Gasteiger charge is 2.48. The van der Waals surface area contributed by atoms with E-state index in [1.807, 2.05) is 13.8 Å². The molecule has 2 amide bonds. The van der Waals surface area contributed by atoms with Crippen molar-refractivity contribution in [2.24, 2.45) is 5.92 Å². The predicted molar refractivity (Wildman–Crippen MR) is 122 cm³/mol. The van der Waals surface area contributed by atoms with E-state index < -0.39 is 34.4 Å². The first-order valence-electron chi connectivity index (χ1n) is 11.0. The number of imidazole rings is 1. The highest BCUT2D eigenvalue weighted by molar-refractivity contribution is 6.03. The standard InChI is InChI=1S/C23H29N5O6/c1-14(2)20-22(31)27(21(30)18(26-20)10-16-11-24-13-25-16)23(3,4)12-34-19(29)9-15-5-7-17(8-6-15)28(32)33/h5-8,11,13-14,18,20,26H,9-10,12H2,1-4H3,(H,24,25)/t18-,20?/m0/s1. The normalized spacial score (nSPS) is 18.9. The van der Waals surface area contributed by atoms with Crippen LogP contribution in [-0.4, -0.2) is 61.8 Å². The van der Waals surface area contributed by atoms with Gasteiger partial charge in [-0.1, -0.05) is 26.0 Å². The number of rotatable bonds is 9. The summed E-state index contributed by atoms with van der Waals surface area (Å²) in [5, 5.41) is 13.9. The highest BCUT2D eigenvalue weighted by atomic mass is 16.6. The summed E-state index contributed by atoms with van der Waals surface area (Å²) >= 11 is 0. The maximum absolute atomic E-state index is 13.3. The third-order valence-corrected chi connectivity index (χ3v) is 5.72. The van der Waals surface area contributed by atoms with E-state index in [4.69, 9.17) is 4.74 Å². The number of nitrogens with zero attached hydrogens (tertiary/aromatic N) is 3. The van der Waals surface area contributed by atoms with E-state index in [0.717, 1.165) is 5.69 Å². The van der Waals surface area contributed by atoms with Crippen LogP contribution in [0.4, 0.5) is 5.69 Å². The van der Waals surface area contributed by atoms with Gasteiger partial charge in [-0.25, -0.2) is 4.98 Å². The van der Waals surface area contributed by atoms with Gasteiger partial charge in [-0.3, -0.25) is 34.7 Å². The molecule has 1 unspecified atom stereocenters. The van der Waals surface area contributed by atoms with E-state index in [9.17, 15) is 24.5 Å². The molecule has 1 aromatic heterocycles. The number of aromatic nitrogens is 2. The molecule has 0 bridgehead atoms. The van der Waals surface area contributed by atoms with Crippen LogP contribution in [0.25, 0.3) is 0 Å². The second-order valence-electron chi connectivity index (χ2n) is 9.31. The van der Waals surface area contributed by atoms with Crippen molar-refractivity contribution in [2.75, 3.05) is 6.61 Å². The molecule has 1 aromatic carbocycles. The van der Waals surface area contributed by atoms with Crippen molar-refractivity contribution in [1.82, 2.24) is 20.2 Å². The number of esters is 1. The van der Waals surface area contributed by atoms with Crippen molar-refractivity contribution in [2.45, 2.75) is 58.2 Å². The quantitative estimate of drug-likeness (QED) is 0.243. The first-order chi connectivity index (χ1) is 16.0. The highest BCUT2D eigenvalue weighted by Crippen LogP contribution is 2.25. The van der Waals surface area contributed by atoms with Gasteiger partial charge in [-0.05, 0) is 25.3 Å². The van der Waals surface area contributed by atoms with Crippen LogP contribution in [0, 0.1) is 16.0 Å². The zero-order chi connectivity index (χ0) is 25.0. The number of imide groups is 1. The SMILES string of the molecule is CC(C)C1N[C@@H](Cc2cnc[nH]2)C(=O)N(C(C)(C)COC(=O)Cc2ccc([N+](=O)[O-])cc2)C1=O. The largest absolute Gasteiger partial charge is 0.463 e. The number of benzene rings is 1. The lowest BCUT2D eigenvalue weighted by Crippen LogP contribution is -2.70. The molecule has 0 radical (unpaired) electrons. The minimum Gasteiger partial charge on any atom is -0.463 e. The van der Waals surface area contributed by atoms with Gasteiger partial charge >= 0.3 is 5.97 Å². The summed E-state index contributed by atoms with van der Waals surface area (Å²) in [5.41, 5.74) is 0.163. The Morgan fingerprint density at radius 1 is 1.24 bits per heavy atom. The zero-order valence-electron chi connectivity index (χ0n) is 19.6. The summed E-state index contributed by atoms with van der Waals surface area (Å²) in [6, 6.07) is 4.40. The molecule has 2 atom stereocenters. The lowest BCUT2D eigenvalue weighted by Gasteiger charge is -2.45. The molecule has 2 N–H and O–H groups in total. The number of aromatic amines is 1. The number of ether oxygens (including phenoxy) is 1. The number of non-ortho nitro benzene ring substituents is 1. The smallest absolute Gasteiger partial charge is 0.310 e. The Morgan fingerprint density at radius 2 is 1.91 bits per heavy atom. The summed E-state index contributed by atoms with van der Waals surface area (Å²) in [4.78, 5) is 57.3. The number of amides is 2. The minimum atomic E-state index is -1.08.